The molecule has 0 radical (unpaired) electrons. The zero-order valence-corrected chi connectivity index (χ0v) is 18.4. The second-order valence-electron chi connectivity index (χ2n) is 6.85. The smallest absolute Gasteiger partial charge is 0.325 e. The Morgan fingerprint density at radius 1 is 1.09 bits per heavy atom. The Balaban J connectivity index is 1.59. The van der Waals surface area contributed by atoms with Gasteiger partial charge in [0.25, 0.3) is 5.56 Å². The van der Waals surface area contributed by atoms with Crippen LogP contribution in [0, 0.1) is 5.82 Å². The number of anilines is 1. The molecule has 0 saturated carbocycles. The number of H-pyrrole nitrogens is 2. The van der Waals surface area contributed by atoms with Crippen molar-refractivity contribution in [1.82, 2.24) is 24.7 Å². The van der Waals surface area contributed by atoms with Crippen LogP contribution in [0.1, 0.15) is 11.5 Å². The summed E-state index contributed by atoms with van der Waals surface area (Å²) in [6.45, 7) is 0. The van der Waals surface area contributed by atoms with Gasteiger partial charge in [-0.1, -0.05) is 29.4 Å². The molecule has 2 aromatic heterocycles. The van der Waals surface area contributed by atoms with Gasteiger partial charge in [0.1, 0.15) is 11.6 Å². The SMILES string of the molecule is O=C(CSc1nnc(Cc2cc(=O)[nH]c(=O)[nH]2)n1-c1ccc(F)cc1)Nc1cccc(Cl)c1. The molecule has 0 bridgehead atoms. The maximum absolute atomic E-state index is 13.5. The minimum atomic E-state index is -0.641. The van der Waals surface area contributed by atoms with Gasteiger partial charge in [-0.05, 0) is 42.5 Å². The van der Waals surface area contributed by atoms with Gasteiger partial charge in [0.2, 0.25) is 5.91 Å². The van der Waals surface area contributed by atoms with Gasteiger partial charge in [0.05, 0.1) is 5.75 Å². The summed E-state index contributed by atoms with van der Waals surface area (Å²) in [5.74, 6) is -0.285. The number of hydrogen-bond acceptors (Lipinski definition) is 6. The van der Waals surface area contributed by atoms with Crippen molar-refractivity contribution in [3.63, 3.8) is 0 Å². The number of carbonyl (C=O) groups excluding carboxylic acids is 1. The minimum Gasteiger partial charge on any atom is -0.325 e. The zero-order chi connectivity index (χ0) is 23.4. The van der Waals surface area contributed by atoms with E-state index in [1.54, 1.807) is 41.0 Å². The van der Waals surface area contributed by atoms with Crippen LogP contribution in [0.3, 0.4) is 0 Å². The van der Waals surface area contributed by atoms with E-state index in [0.29, 0.717) is 33.1 Å². The monoisotopic (exact) mass is 486 g/mol. The molecule has 168 valence electrons. The van der Waals surface area contributed by atoms with Crippen molar-refractivity contribution in [2.24, 2.45) is 0 Å². The summed E-state index contributed by atoms with van der Waals surface area (Å²) in [5, 5.41) is 11.9. The first-order chi connectivity index (χ1) is 15.9. The van der Waals surface area contributed by atoms with Crippen molar-refractivity contribution in [3.8, 4) is 5.69 Å². The van der Waals surface area contributed by atoms with Crippen LogP contribution in [-0.4, -0.2) is 36.4 Å². The summed E-state index contributed by atoms with van der Waals surface area (Å²) in [5.41, 5.74) is 0.259. The van der Waals surface area contributed by atoms with Crippen molar-refractivity contribution in [1.29, 1.82) is 0 Å². The Labute approximate surface area is 195 Å². The van der Waals surface area contributed by atoms with Crippen LogP contribution >= 0.6 is 23.4 Å². The highest BCUT2D eigenvalue weighted by Crippen LogP contribution is 2.24. The van der Waals surface area contributed by atoms with Gasteiger partial charge in [-0.15, -0.1) is 10.2 Å². The van der Waals surface area contributed by atoms with E-state index >= 15 is 0 Å². The molecule has 33 heavy (non-hydrogen) atoms. The predicted octanol–water partition coefficient (Wildman–Crippen LogP) is 2.76. The summed E-state index contributed by atoms with van der Waals surface area (Å²) < 4.78 is 15.1. The quantitative estimate of drug-likeness (QED) is 0.345. The maximum atomic E-state index is 13.5. The second kappa shape index (κ2) is 9.84. The Hall–Kier alpha value is -3.70. The van der Waals surface area contributed by atoms with Gasteiger partial charge in [-0.25, -0.2) is 9.18 Å². The third-order valence-electron chi connectivity index (χ3n) is 4.39. The molecular weight excluding hydrogens is 471 g/mol. The van der Waals surface area contributed by atoms with E-state index in [-0.39, 0.29) is 18.1 Å². The van der Waals surface area contributed by atoms with E-state index in [9.17, 15) is 18.8 Å². The Kier molecular flexibility index (Phi) is 6.71. The van der Waals surface area contributed by atoms with Gasteiger partial charge in [-0.2, -0.15) is 0 Å². The molecule has 0 aliphatic heterocycles. The third-order valence-corrected chi connectivity index (χ3v) is 5.55. The van der Waals surface area contributed by atoms with E-state index in [4.69, 9.17) is 11.6 Å². The lowest BCUT2D eigenvalue weighted by Crippen LogP contribution is -2.23. The maximum Gasteiger partial charge on any atom is 0.325 e. The molecule has 0 spiro atoms. The minimum absolute atomic E-state index is 0.0215. The van der Waals surface area contributed by atoms with E-state index in [0.717, 1.165) is 11.8 Å². The van der Waals surface area contributed by atoms with Crippen LogP contribution in [0.4, 0.5) is 10.1 Å². The highest BCUT2D eigenvalue weighted by atomic mass is 35.5. The number of nitrogens with one attached hydrogen (secondary N) is 3. The fourth-order valence-corrected chi connectivity index (χ4v) is 4.00. The number of halogens is 2. The molecule has 0 saturated heterocycles. The number of amides is 1. The molecule has 9 nitrogen and oxygen atoms in total. The van der Waals surface area contributed by atoms with Crippen molar-refractivity contribution >= 4 is 35.0 Å². The van der Waals surface area contributed by atoms with E-state index in [1.165, 1.54) is 18.2 Å². The lowest BCUT2D eigenvalue weighted by atomic mass is 10.2. The molecule has 2 aromatic carbocycles. The summed E-state index contributed by atoms with van der Waals surface area (Å²) in [4.78, 5) is 40.3. The summed E-state index contributed by atoms with van der Waals surface area (Å²) >= 11 is 7.07. The van der Waals surface area contributed by atoms with E-state index in [2.05, 4.69) is 25.5 Å². The number of nitrogens with zero attached hydrogens (tertiary/aromatic N) is 3. The standard InChI is InChI=1S/C21H16ClFN6O3S/c22-12-2-1-3-14(8-12)24-19(31)11-33-21-28-27-17(9-15-10-18(30)26-20(32)25-15)29(21)16-6-4-13(23)5-7-16/h1-8,10H,9,11H2,(H,24,31)(H2,25,26,30,32). The third kappa shape index (κ3) is 5.76. The zero-order valence-electron chi connectivity index (χ0n) is 16.8. The fraction of sp³-hybridized carbons (Fsp3) is 0.0952. The van der Waals surface area contributed by atoms with E-state index in [1.807, 2.05) is 0 Å². The van der Waals surface area contributed by atoms with Gasteiger partial charge in [0, 0.05) is 34.6 Å². The van der Waals surface area contributed by atoms with Crippen molar-refractivity contribution in [2.75, 3.05) is 11.1 Å². The number of thioether (sulfide) groups is 1. The first kappa shape index (κ1) is 22.5. The van der Waals surface area contributed by atoms with Gasteiger partial charge in [-0.3, -0.25) is 19.1 Å². The molecule has 3 N–H and O–H groups in total. The highest BCUT2D eigenvalue weighted by Gasteiger charge is 2.17. The number of rotatable bonds is 7. The second-order valence-corrected chi connectivity index (χ2v) is 8.23. The number of benzene rings is 2. The molecule has 1 amide bonds. The first-order valence-electron chi connectivity index (χ1n) is 9.58. The van der Waals surface area contributed by atoms with E-state index < -0.39 is 17.1 Å². The number of aromatic nitrogens is 5. The molecular formula is C21H16ClFN6O3S. The molecule has 0 aliphatic carbocycles. The highest BCUT2D eigenvalue weighted by molar-refractivity contribution is 7.99. The van der Waals surface area contributed by atoms with Crippen LogP contribution < -0.4 is 16.6 Å². The normalized spacial score (nSPS) is 10.8. The van der Waals surface area contributed by atoms with Gasteiger partial charge in [0.15, 0.2) is 5.16 Å². The topological polar surface area (TPSA) is 126 Å². The predicted molar refractivity (Wildman–Crippen MR) is 123 cm³/mol. The number of aromatic amines is 2. The first-order valence-corrected chi connectivity index (χ1v) is 10.9. The average molecular weight is 487 g/mol. The Morgan fingerprint density at radius 3 is 2.61 bits per heavy atom. The van der Waals surface area contributed by atoms with Crippen LogP contribution in [-0.2, 0) is 11.2 Å². The van der Waals surface area contributed by atoms with Gasteiger partial charge < -0.3 is 10.3 Å². The molecule has 2 heterocycles. The molecule has 4 rings (SSSR count). The summed E-state index contributed by atoms with van der Waals surface area (Å²) in [6.07, 6.45) is 0.0822. The van der Waals surface area contributed by atoms with Crippen molar-refractivity contribution in [2.45, 2.75) is 11.6 Å². The van der Waals surface area contributed by atoms with Crippen LogP contribution in [0.5, 0.6) is 0 Å². The van der Waals surface area contributed by atoms with Crippen LogP contribution in [0.15, 0.2) is 69.3 Å². The van der Waals surface area contributed by atoms with Crippen LogP contribution in [0.2, 0.25) is 5.02 Å². The lowest BCUT2D eigenvalue weighted by molar-refractivity contribution is -0.113. The average Bonchev–Trinajstić information content (AvgIpc) is 3.14. The largest absolute Gasteiger partial charge is 0.325 e. The Bertz CT molecular complexity index is 1390. The molecule has 0 fully saturated rings. The summed E-state index contributed by atoms with van der Waals surface area (Å²) in [7, 11) is 0. The van der Waals surface area contributed by atoms with Crippen molar-refractivity contribution < 1.29 is 9.18 Å². The van der Waals surface area contributed by atoms with Crippen molar-refractivity contribution in [3.05, 3.63) is 97.8 Å². The lowest BCUT2D eigenvalue weighted by Gasteiger charge is -2.10. The molecule has 0 atom stereocenters. The molecule has 12 heteroatoms. The Morgan fingerprint density at radius 2 is 1.88 bits per heavy atom. The molecule has 4 aromatic rings. The molecule has 0 aliphatic rings. The van der Waals surface area contributed by atoms with Crippen LogP contribution in [0.25, 0.3) is 5.69 Å². The number of carbonyl (C=O) groups is 1. The summed E-state index contributed by atoms with van der Waals surface area (Å²) in [6, 6.07) is 13.7. The number of hydrogen-bond donors (Lipinski definition) is 3. The fourth-order valence-electron chi connectivity index (χ4n) is 3.04. The van der Waals surface area contributed by atoms with Gasteiger partial charge >= 0.3 is 5.69 Å². The molecule has 0 unspecified atom stereocenters.